The van der Waals surface area contributed by atoms with Gasteiger partial charge in [-0.3, -0.25) is 9.59 Å². The van der Waals surface area contributed by atoms with Crippen molar-refractivity contribution in [3.63, 3.8) is 0 Å². The molecule has 1 amide bonds. The molecular formula is C25H49N3O3. The number of piperazine rings is 1. The van der Waals surface area contributed by atoms with Crippen LogP contribution in [0.1, 0.15) is 97.3 Å². The number of ether oxygens (including phenoxy) is 1. The third-order valence-electron chi connectivity index (χ3n) is 6.06. The van der Waals surface area contributed by atoms with Gasteiger partial charge in [0, 0.05) is 45.6 Å². The zero-order chi connectivity index (χ0) is 22.6. The van der Waals surface area contributed by atoms with Crippen LogP contribution in [0, 0.1) is 0 Å². The fraction of sp³-hybridized carbons (Fsp3) is 0.920. The van der Waals surface area contributed by atoms with Crippen LogP contribution in [0.25, 0.3) is 0 Å². The SMILES string of the molecule is CCCCCCCCCN(CCCC(=O)OCCCCC)CCC(=O)N1CCNCC1. The summed E-state index contributed by atoms with van der Waals surface area (Å²) in [6.07, 6.45) is 14.1. The highest BCUT2D eigenvalue weighted by Gasteiger charge is 2.17. The maximum absolute atomic E-state index is 12.5. The Morgan fingerprint density at radius 3 is 2.10 bits per heavy atom. The first kappa shape index (κ1) is 27.9. The molecule has 6 nitrogen and oxygen atoms in total. The van der Waals surface area contributed by atoms with E-state index >= 15 is 0 Å². The predicted octanol–water partition coefficient (Wildman–Crippen LogP) is 4.37. The van der Waals surface area contributed by atoms with Gasteiger partial charge in [-0.1, -0.05) is 65.2 Å². The van der Waals surface area contributed by atoms with Gasteiger partial charge in [0.2, 0.25) is 5.91 Å². The average Bonchev–Trinajstić information content (AvgIpc) is 2.79. The molecule has 182 valence electrons. The van der Waals surface area contributed by atoms with Crippen LogP contribution < -0.4 is 5.32 Å². The lowest BCUT2D eigenvalue weighted by Crippen LogP contribution is -2.47. The molecular weight excluding hydrogens is 390 g/mol. The minimum atomic E-state index is -0.0797. The summed E-state index contributed by atoms with van der Waals surface area (Å²) in [5.41, 5.74) is 0. The smallest absolute Gasteiger partial charge is 0.305 e. The second kappa shape index (κ2) is 19.5. The highest BCUT2D eigenvalue weighted by molar-refractivity contribution is 5.76. The molecule has 0 spiro atoms. The van der Waals surface area contributed by atoms with Crippen molar-refractivity contribution in [1.82, 2.24) is 15.1 Å². The highest BCUT2D eigenvalue weighted by Crippen LogP contribution is 2.09. The van der Waals surface area contributed by atoms with Crippen molar-refractivity contribution in [2.24, 2.45) is 0 Å². The largest absolute Gasteiger partial charge is 0.466 e. The van der Waals surface area contributed by atoms with Gasteiger partial charge in [-0.2, -0.15) is 0 Å². The molecule has 1 rings (SSSR count). The van der Waals surface area contributed by atoms with E-state index in [1.165, 1.54) is 44.9 Å². The molecule has 1 fully saturated rings. The van der Waals surface area contributed by atoms with E-state index in [4.69, 9.17) is 4.74 Å². The summed E-state index contributed by atoms with van der Waals surface area (Å²) in [7, 11) is 0. The van der Waals surface area contributed by atoms with Crippen LogP contribution in [0.2, 0.25) is 0 Å². The molecule has 1 aliphatic heterocycles. The van der Waals surface area contributed by atoms with E-state index in [1.54, 1.807) is 0 Å². The maximum Gasteiger partial charge on any atom is 0.305 e. The molecule has 0 bridgehead atoms. The summed E-state index contributed by atoms with van der Waals surface area (Å²) in [6.45, 7) is 11.1. The van der Waals surface area contributed by atoms with Gasteiger partial charge in [-0.05, 0) is 32.4 Å². The lowest BCUT2D eigenvalue weighted by molar-refractivity contribution is -0.144. The van der Waals surface area contributed by atoms with Crippen LogP contribution in [0.15, 0.2) is 0 Å². The van der Waals surface area contributed by atoms with Gasteiger partial charge in [-0.15, -0.1) is 0 Å². The third-order valence-corrected chi connectivity index (χ3v) is 6.06. The number of nitrogens with zero attached hydrogens (tertiary/aromatic N) is 2. The molecule has 0 aromatic rings. The van der Waals surface area contributed by atoms with Gasteiger partial charge in [0.15, 0.2) is 0 Å². The van der Waals surface area contributed by atoms with E-state index in [0.29, 0.717) is 19.4 Å². The minimum Gasteiger partial charge on any atom is -0.466 e. The first-order valence-corrected chi connectivity index (χ1v) is 13.0. The fourth-order valence-corrected chi connectivity index (χ4v) is 4.01. The van der Waals surface area contributed by atoms with Gasteiger partial charge in [-0.25, -0.2) is 0 Å². The van der Waals surface area contributed by atoms with Crippen molar-refractivity contribution in [2.75, 3.05) is 52.4 Å². The van der Waals surface area contributed by atoms with Crippen LogP contribution in [0.3, 0.4) is 0 Å². The Kier molecular flexibility index (Phi) is 17.6. The molecule has 0 radical (unpaired) electrons. The molecule has 0 unspecified atom stereocenters. The number of carbonyl (C=O) groups is 2. The zero-order valence-electron chi connectivity index (χ0n) is 20.5. The summed E-state index contributed by atoms with van der Waals surface area (Å²) >= 11 is 0. The van der Waals surface area contributed by atoms with Crippen molar-refractivity contribution in [2.45, 2.75) is 97.3 Å². The second-order valence-electron chi connectivity index (χ2n) is 8.87. The Balaban J connectivity index is 2.29. The third kappa shape index (κ3) is 15.3. The summed E-state index contributed by atoms with van der Waals surface area (Å²) in [5.74, 6) is 0.185. The van der Waals surface area contributed by atoms with E-state index < -0.39 is 0 Å². The fourth-order valence-electron chi connectivity index (χ4n) is 4.01. The van der Waals surface area contributed by atoms with Crippen LogP contribution in [0.5, 0.6) is 0 Å². The Labute approximate surface area is 191 Å². The monoisotopic (exact) mass is 439 g/mol. The Bertz CT molecular complexity index is 453. The summed E-state index contributed by atoms with van der Waals surface area (Å²) in [4.78, 5) is 28.8. The Morgan fingerprint density at radius 2 is 1.39 bits per heavy atom. The number of hydrogen-bond donors (Lipinski definition) is 1. The maximum atomic E-state index is 12.5. The summed E-state index contributed by atoms with van der Waals surface area (Å²) in [6, 6.07) is 0. The van der Waals surface area contributed by atoms with Crippen LogP contribution in [0.4, 0.5) is 0 Å². The molecule has 1 aliphatic rings. The molecule has 31 heavy (non-hydrogen) atoms. The molecule has 6 heteroatoms. The van der Waals surface area contributed by atoms with Crippen LogP contribution in [-0.2, 0) is 14.3 Å². The van der Waals surface area contributed by atoms with E-state index in [9.17, 15) is 9.59 Å². The summed E-state index contributed by atoms with van der Waals surface area (Å²) in [5, 5.41) is 3.30. The molecule has 1 heterocycles. The van der Waals surface area contributed by atoms with Gasteiger partial charge in [0.05, 0.1) is 6.61 Å². The van der Waals surface area contributed by atoms with Crippen molar-refractivity contribution in [3.05, 3.63) is 0 Å². The highest BCUT2D eigenvalue weighted by atomic mass is 16.5. The molecule has 0 aromatic carbocycles. The molecule has 0 atom stereocenters. The molecule has 0 saturated carbocycles. The minimum absolute atomic E-state index is 0.0797. The lowest BCUT2D eigenvalue weighted by atomic mass is 10.1. The number of carbonyl (C=O) groups excluding carboxylic acids is 2. The molecule has 1 saturated heterocycles. The molecule has 0 aromatic heterocycles. The van der Waals surface area contributed by atoms with E-state index in [2.05, 4.69) is 24.1 Å². The number of amides is 1. The number of nitrogens with one attached hydrogen (secondary N) is 1. The average molecular weight is 440 g/mol. The number of unbranched alkanes of at least 4 members (excludes halogenated alkanes) is 8. The van der Waals surface area contributed by atoms with Gasteiger partial charge >= 0.3 is 5.97 Å². The van der Waals surface area contributed by atoms with Crippen molar-refractivity contribution >= 4 is 11.9 Å². The quantitative estimate of drug-likeness (QED) is 0.239. The van der Waals surface area contributed by atoms with Crippen molar-refractivity contribution in [3.8, 4) is 0 Å². The predicted molar refractivity (Wildman–Crippen MR) is 128 cm³/mol. The van der Waals surface area contributed by atoms with Gasteiger partial charge in [0.25, 0.3) is 0 Å². The topological polar surface area (TPSA) is 61.9 Å². The van der Waals surface area contributed by atoms with E-state index in [1.807, 2.05) is 4.90 Å². The number of hydrogen-bond acceptors (Lipinski definition) is 5. The van der Waals surface area contributed by atoms with Gasteiger partial charge < -0.3 is 19.9 Å². The first-order valence-electron chi connectivity index (χ1n) is 13.0. The lowest BCUT2D eigenvalue weighted by Gasteiger charge is -2.29. The normalized spacial score (nSPS) is 14.2. The standard InChI is InChI=1S/C25H49N3O3/c1-3-5-7-8-9-10-11-18-27(19-13-14-25(30)31-23-12-6-4-2)20-15-24(29)28-21-16-26-17-22-28/h26H,3-23H2,1-2H3. The van der Waals surface area contributed by atoms with Crippen molar-refractivity contribution < 1.29 is 14.3 Å². The van der Waals surface area contributed by atoms with E-state index in [-0.39, 0.29) is 11.9 Å². The second-order valence-corrected chi connectivity index (χ2v) is 8.87. The van der Waals surface area contributed by atoms with E-state index in [0.717, 1.165) is 71.5 Å². The van der Waals surface area contributed by atoms with Crippen molar-refractivity contribution in [1.29, 1.82) is 0 Å². The molecule has 0 aliphatic carbocycles. The number of esters is 1. The van der Waals surface area contributed by atoms with Crippen LogP contribution >= 0.6 is 0 Å². The van der Waals surface area contributed by atoms with Gasteiger partial charge in [0.1, 0.15) is 0 Å². The first-order chi connectivity index (χ1) is 15.2. The zero-order valence-corrected chi connectivity index (χ0v) is 20.5. The number of rotatable bonds is 19. The Hall–Kier alpha value is -1.14. The summed E-state index contributed by atoms with van der Waals surface area (Å²) < 4.78 is 5.32. The molecule has 1 N–H and O–H groups in total. The Morgan fingerprint density at radius 1 is 0.774 bits per heavy atom. The van der Waals surface area contributed by atoms with Crippen LogP contribution in [-0.4, -0.2) is 74.1 Å².